The molecule has 0 saturated carbocycles. The van der Waals surface area contributed by atoms with Gasteiger partial charge in [0.1, 0.15) is 11.6 Å². The maximum Gasteiger partial charge on any atom is 0.338 e. The third-order valence-corrected chi connectivity index (χ3v) is 4.68. The van der Waals surface area contributed by atoms with Crippen molar-refractivity contribution in [2.24, 2.45) is 0 Å². The van der Waals surface area contributed by atoms with Crippen molar-refractivity contribution in [1.82, 2.24) is 9.97 Å². The van der Waals surface area contributed by atoms with Crippen LogP contribution >= 0.6 is 0 Å². The number of nitrogens with zero attached hydrogens (tertiary/aromatic N) is 2. The highest BCUT2D eigenvalue weighted by molar-refractivity contribution is 6.03. The Morgan fingerprint density at radius 2 is 2.03 bits per heavy atom. The molecule has 0 saturated heterocycles. The number of rotatable bonds is 9. The molecule has 6 nitrogen and oxygen atoms in total. The van der Waals surface area contributed by atoms with Gasteiger partial charge in [-0.2, -0.15) is 0 Å². The molecule has 1 N–H and O–H groups in total. The van der Waals surface area contributed by atoms with Gasteiger partial charge in [0, 0.05) is 23.7 Å². The third kappa shape index (κ3) is 5.22. The zero-order valence-corrected chi connectivity index (χ0v) is 17.2. The van der Waals surface area contributed by atoms with Crippen molar-refractivity contribution in [3.63, 3.8) is 0 Å². The summed E-state index contributed by atoms with van der Waals surface area (Å²) in [6.45, 7) is 5.45. The van der Waals surface area contributed by atoms with Gasteiger partial charge in [0.2, 0.25) is 0 Å². The summed E-state index contributed by atoms with van der Waals surface area (Å²) in [5, 5.41) is 3.96. The Morgan fingerprint density at radius 3 is 2.83 bits per heavy atom. The van der Waals surface area contributed by atoms with Crippen LogP contribution in [0.3, 0.4) is 0 Å². The van der Waals surface area contributed by atoms with E-state index in [2.05, 4.69) is 47.3 Å². The van der Waals surface area contributed by atoms with E-state index in [0.29, 0.717) is 35.6 Å². The topological polar surface area (TPSA) is 73.3 Å². The molecule has 6 heteroatoms. The second-order valence-corrected chi connectivity index (χ2v) is 6.94. The van der Waals surface area contributed by atoms with Crippen LogP contribution in [0.25, 0.3) is 11.0 Å². The Bertz CT molecular complexity index is 988. The molecule has 0 atom stereocenters. The quantitative estimate of drug-likeness (QED) is 0.411. The van der Waals surface area contributed by atoms with Gasteiger partial charge >= 0.3 is 5.97 Å². The van der Waals surface area contributed by atoms with Gasteiger partial charge in [-0.1, -0.05) is 31.9 Å². The number of hydrogen-bond donors (Lipinski definition) is 1. The van der Waals surface area contributed by atoms with E-state index in [0.717, 1.165) is 36.1 Å². The molecule has 0 fully saturated rings. The highest BCUT2D eigenvalue weighted by Gasteiger charge is 2.14. The van der Waals surface area contributed by atoms with Gasteiger partial charge in [-0.15, -0.1) is 0 Å². The number of fused-ring (bicyclic) bond motifs is 1. The summed E-state index contributed by atoms with van der Waals surface area (Å²) in [6.07, 6.45) is 5.01. The molecule has 0 aliphatic carbocycles. The molecule has 2 aromatic heterocycles. The Morgan fingerprint density at radius 1 is 1.17 bits per heavy atom. The van der Waals surface area contributed by atoms with Crippen LogP contribution in [0.15, 0.2) is 42.6 Å². The molecule has 0 aliphatic rings. The van der Waals surface area contributed by atoms with Crippen LogP contribution in [0.5, 0.6) is 5.75 Å². The highest BCUT2D eigenvalue weighted by atomic mass is 16.5. The number of benzene rings is 1. The number of ether oxygens (including phenoxy) is 2. The second-order valence-electron chi connectivity index (χ2n) is 6.94. The summed E-state index contributed by atoms with van der Waals surface area (Å²) >= 11 is 0. The molecular weight excluding hydrogens is 366 g/mol. The third-order valence-electron chi connectivity index (χ3n) is 4.68. The first-order chi connectivity index (χ1) is 14.1. The van der Waals surface area contributed by atoms with Crippen molar-refractivity contribution < 1.29 is 14.3 Å². The molecule has 152 valence electrons. The Balaban J connectivity index is 1.81. The number of nitrogens with one attached hydrogen (secondary N) is 1. The van der Waals surface area contributed by atoms with Gasteiger partial charge in [-0.05, 0) is 43.2 Å². The molecule has 1 aromatic carbocycles. The minimum Gasteiger partial charge on any atom is -0.493 e. The van der Waals surface area contributed by atoms with Crippen LogP contribution in [-0.4, -0.2) is 29.7 Å². The average Bonchev–Trinajstić information content (AvgIpc) is 2.75. The minimum atomic E-state index is -0.413. The molecule has 0 spiro atoms. The summed E-state index contributed by atoms with van der Waals surface area (Å²) < 4.78 is 10.9. The highest BCUT2D eigenvalue weighted by Crippen LogP contribution is 2.24. The van der Waals surface area contributed by atoms with E-state index < -0.39 is 5.97 Å². The molecule has 2 heterocycles. The fraction of sp³-hybridized carbons (Fsp3) is 0.348. The van der Waals surface area contributed by atoms with E-state index in [1.807, 2.05) is 6.07 Å². The largest absolute Gasteiger partial charge is 0.493 e. The van der Waals surface area contributed by atoms with Crippen LogP contribution in [0.1, 0.15) is 47.7 Å². The molecule has 29 heavy (non-hydrogen) atoms. The first-order valence-corrected chi connectivity index (χ1v) is 9.92. The lowest BCUT2D eigenvalue weighted by molar-refractivity contribution is 0.0603. The molecule has 0 radical (unpaired) electrons. The van der Waals surface area contributed by atoms with Crippen molar-refractivity contribution in [3.8, 4) is 5.75 Å². The van der Waals surface area contributed by atoms with E-state index >= 15 is 0 Å². The van der Waals surface area contributed by atoms with Gasteiger partial charge in [-0.25, -0.2) is 14.8 Å². The summed E-state index contributed by atoms with van der Waals surface area (Å²) in [6, 6.07) is 11.5. The van der Waals surface area contributed by atoms with Crippen LogP contribution in [0.4, 0.5) is 5.82 Å². The summed E-state index contributed by atoms with van der Waals surface area (Å²) in [5.41, 5.74) is 3.13. The fourth-order valence-corrected chi connectivity index (χ4v) is 3.09. The van der Waals surface area contributed by atoms with Crippen LogP contribution in [0.2, 0.25) is 0 Å². The molecule has 0 aliphatic heterocycles. The molecule has 3 rings (SSSR count). The molecular formula is C23H27N3O3. The second kappa shape index (κ2) is 9.87. The fourth-order valence-electron chi connectivity index (χ4n) is 3.09. The van der Waals surface area contributed by atoms with Crippen molar-refractivity contribution in [2.45, 2.75) is 39.7 Å². The lowest BCUT2D eigenvalue weighted by Gasteiger charge is -2.14. The summed E-state index contributed by atoms with van der Waals surface area (Å²) in [5.74, 6) is 1.03. The number of hydrogen-bond acceptors (Lipinski definition) is 6. The van der Waals surface area contributed by atoms with Crippen molar-refractivity contribution in [2.75, 3.05) is 19.0 Å². The average molecular weight is 393 g/mol. The van der Waals surface area contributed by atoms with Gasteiger partial charge in [-0.3, -0.25) is 0 Å². The van der Waals surface area contributed by atoms with Crippen molar-refractivity contribution in [1.29, 1.82) is 0 Å². The standard InChI is InChI=1S/C23H27N3O3/c1-4-5-6-12-29-20-13-16(2)9-10-17(20)15-25-21-14-19(23(27)28-3)18-8-7-11-24-22(18)26-21/h7-11,13-14H,4-6,12,15H2,1-3H3,(H,24,25,26). The number of pyridine rings is 2. The van der Waals surface area contributed by atoms with Gasteiger partial charge in [0.15, 0.2) is 5.65 Å². The first kappa shape index (κ1) is 20.6. The molecule has 0 unspecified atom stereocenters. The number of methoxy groups -OCH3 is 1. The lowest BCUT2D eigenvalue weighted by atomic mass is 10.1. The molecule has 3 aromatic rings. The normalized spacial score (nSPS) is 10.7. The zero-order valence-electron chi connectivity index (χ0n) is 17.2. The minimum absolute atomic E-state index is 0.413. The van der Waals surface area contributed by atoms with Gasteiger partial charge in [0.25, 0.3) is 0 Å². The maximum absolute atomic E-state index is 12.2. The van der Waals surface area contributed by atoms with E-state index in [1.54, 1.807) is 18.3 Å². The number of anilines is 1. The van der Waals surface area contributed by atoms with Crippen LogP contribution < -0.4 is 10.1 Å². The number of unbranched alkanes of at least 4 members (excludes halogenated alkanes) is 2. The Labute approximate surface area is 171 Å². The van der Waals surface area contributed by atoms with Crippen molar-refractivity contribution in [3.05, 3.63) is 59.3 Å². The number of carbonyl (C=O) groups is 1. The lowest BCUT2D eigenvalue weighted by Crippen LogP contribution is -2.09. The summed E-state index contributed by atoms with van der Waals surface area (Å²) in [7, 11) is 1.37. The zero-order chi connectivity index (χ0) is 20.6. The Kier molecular flexibility index (Phi) is 7.00. The van der Waals surface area contributed by atoms with E-state index in [4.69, 9.17) is 9.47 Å². The van der Waals surface area contributed by atoms with Gasteiger partial charge in [0.05, 0.1) is 19.3 Å². The maximum atomic E-state index is 12.2. The van der Waals surface area contributed by atoms with Crippen LogP contribution in [0, 0.1) is 6.92 Å². The monoisotopic (exact) mass is 393 g/mol. The number of carbonyl (C=O) groups excluding carboxylic acids is 1. The number of aromatic nitrogens is 2. The van der Waals surface area contributed by atoms with E-state index in [-0.39, 0.29) is 0 Å². The Hall–Kier alpha value is -3.15. The van der Waals surface area contributed by atoms with Gasteiger partial charge < -0.3 is 14.8 Å². The number of esters is 1. The SMILES string of the molecule is CCCCCOc1cc(C)ccc1CNc1cc(C(=O)OC)c2cccnc2n1. The predicted octanol–water partition coefficient (Wildman–Crippen LogP) is 4.91. The van der Waals surface area contributed by atoms with E-state index in [1.165, 1.54) is 7.11 Å². The number of aryl methyl sites for hydroxylation is 1. The van der Waals surface area contributed by atoms with Crippen LogP contribution in [-0.2, 0) is 11.3 Å². The summed E-state index contributed by atoms with van der Waals surface area (Å²) in [4.78, 5) is 21.0. The smallest absolute Gasteiger partial charge is 0.338 e. The molecule has 0 amide bonds. The first-order valence-electron chi connectivity index (χ1n) is 9.92. The predicted molar refractivity (Wildman–Crippen MR) is 114 cm³/mol. The van der Waals surface area contributed by atoms with Crippen molar-refractivity contribution >= 4 is 22.8 Å². The van der Waals surface area contributed by atoms with E-state index in [9.17, 15) is 4.79 Å². The molecule has 0 bridgehead atoms.